The van der Waals surface area contributed by atoms with E-state index in [-0.39, 0.29) is 30.2 Å². The van der Waals surface area contributed by atoms with E-state index in [4.69, 9.17) is 5.73 Å². The van der Waals surface area contributed by atoms with E-state index >= 15 is 0 Å². The van der Waals surface area contributed by atoms with Crippen LogP contribution in [0.2, 0.25) is 0 Å². The fourth-order valence-corrected chi connectivity index (χ4v) is 1.92. The van der Waals surface area contributed by atoms with E-state index in [2.05, 4.69) is 0 Å². The number of carbonyl (C=O) groups excluding carboxylic acids is 1. The zero-order valence-corrected chi connectivity index (χ0v) is 9.46. The molecule has 0 saturated heterocycles. The zero-order chi connectivity index (χ0) is 12.4. The van der Waals surface area contributed by atoms with E-state index < -0.39 is 11.6 Å². The van der Waals surface area contributed by atoms with E-state index in [1.807, 2.05) is 0 Å². The Labute approximate surface area is 98.8 Å². The molecule has 0 spiro atoms. The van der Waals surface area contributed by atoms with Gasteiger partial charge in [0.05, 0.1) is 0 Å². The number of carbonyl (C=O) groups is 1. The number of halogens is 2. The van der Waals surface area contributed by atoms with Gasteiger partial charge < -0.3 is 5.73 Å². The number of benzene rings is 1. The molecule has 1 aromatic carbocycles. The van der Waals surface area contributed by atoms with Crippen molar-refractivity contribution in [3.05, 3.63) is 35.4 Å². The molecule has 1 aliphatic rings. The van der Waals surface area contributed by atoms with Gasteiger partial charge in [-0.05, 0) is 42.5 Å². The number of hydrogen-bond acceptors (Lipinski definition) is 2. The maximum absolute atomic E-state index is 13.3. The quantitative estimate of drug-likeness (QED) is 0.856. The highest BCUT2D eigenvalue weighted by atomic mass is 19.1. The normalized spacial score (nSPS) is 16.9. The number of Topliss-reactive ketones (excluding diaryl/α,β-unsaturated/α-hetero) is 1. The summed E-state index contributed by atoms with van der Waals surface area (Å²) in [5.74, 6) is -0.759. The van der Waals surface area contributed by atoms with Gasteiger partial charge in [-0.2, -0.15) is 0 Å². The van der Waals surface area contributed by atoms with Gasteiger partial charge in [0.2, 0.25) is 0 Å². The minimum absolute atomic E-state index is 0.0794. The summed E-state index contributed by atoms with van der Waals surface area (Å²) in [6, 6.07) is 3.02. The van der Waals surface area contributed by atoms with E-state index in [9.17, 15) is 13.6 Å². The molecular formula is C13H15F2NO. The second kappa shape index (κ2) is 4.92. The molecule has 2 nitrogen and oxygen atoms in total. The van der Waals surface area contributed by atoms with Crippen LogP contribution >= 0.6 is 0 Å². The minimum Gasteiger partial charge on any atom is -0.327 e. The second-order valence-electron chi connectivity index (χ2n) is 4.66. The summed E-state index contributed by atoms with van der Waals surface area (Å²) < 4.78 is 26.2. The zero-order valence-electron chi connectivity index (χ0n) is 9.46. The predicted octanol–water partition coefficient (Wildman–Crippen LogP) is 2.20. The van der Waals surface area contributed by atoms with Gasteiger partial charge in [0, 0.05) is 18.9 Å². The van der Waals surface area contributed by atoms with Crippen LogP contribution in [0.4, 0.5) is 8.78 Å². The highest BCUT2D eigenvalue weighted by Crippen LogP contribution is 2.33. The predicted molar refractivity (Wildman–Crippen MR) is 60.4 cm³/mol. The van der Waals surface area contributed by atoms with E-state index in [0.717, 1.165) is 31.0 Å². The Morgan fingerprint density at radius 3 is 2.76 bits per heavy atom. The van der Waals surface area contributed by atoms with Crippen molar-refractivity contribution in [1.29, 1.82) is 0 Å². The van der Waals surface area contributed by atoms with Gasteiger partial charge in [-0.1, -0.05) is 0 Å². The van der Waals surface area contributed by atoms with Crippen molar-refractivity contribution < 1.29 is 13.6 Å². The molecule has 1 saturated carbocycles. The fourth-order valence-electron chi connectivity index (χ4n) is 1.92. The Hall–Kier alpha value is -1.29. The molecule has 0 amide bonds. The van der Waals surface area contributed by atoms with E-state index in [1.165, 1.54) is 0 Å². The molecule has 0 heterocycles. The third-order valence-corrected chi connectivity index (χ3v) is 3.09. The molecule has 0 aliphatic heterocycles. The lowest BCUT2D eigenvalue weighted by molar-refractivity contribution is -0.118. The molecule has 1 atom stereocenters. The van der Waals surface area contributed by atoms with Crippen LogP contribution in [0.3, 0.4) is 0 Å². The summed E-state index contributed by atoms with van der Waals surface area (Å²) in [6.45, 7) is 0. The first-order chi connectivity index (χ1) is 8.06. The standard InChI is InChI=1S/C13H15F2NO/c14-10-3-4-12(15)9(5-10)6-11(17)7-13(16)8-1-2-8/h3-5,8,13H,1-2,6-7,16H2. The summed E-state index contributed by atoms with van der Waals surface area (Å²) in [5.41, 5.74) is 5.92. The second-order valence-corrected chi connectivity index (χ2v) is 4.66. The molecule has 0 radical (unpaired) electrons. The van der Waals surface area contributed by atoms with Gasteiger partial charge >= 0.3 is 0 Å². The number of ketones is 1. The highest BCUT2D eigenvalue weighted by Gasteiger charge is 2.29. The van der Waals surface area contributed by atoms with Crippen molar-refractivity contribution in [2.24, 2.45) is 11.7 Å². The molecule has 0 aromatic heterocycles. The average Bonchev–Trinajstić information content (AvgIpc) is 3.06. The first kappa shape index (κ1) is 12.2. The Kier molecular flexibility index (Phi) is 3.52. The summed E-state index contributed by atoms with van der Waals surface area (Å²) in [6.07, 6.45) is 2.32. The van der Waals surface area contributed by atoms with E-state index in [0.29, 0.717) is 5.92 Å². The average molecular weight is 239 g/mol. The lowest BCUT2D eigenvalue weighted by Crippen LogP contribution is -2.26. The first-order valence-corrected chi connectivity index (χ1v) is 5.77. The largest absolute Gasteiger partial charge is 0.327 e. The molecule has 2 rings (SSSR count). The van der Waals surface area contributed by atoms with Crippen LogP contribution in [-0.4, -0.2) is 11.8 Å². The molecule has 1 aromatic rings. The van der Waals surface area contributed by atoms with Gasteiger partial charge in [-0.3, -0.25) is 4.79 Å². The Morgan fingerprint density at radius 1 is 1.41 bits per heavy atom. The van der Waals surface area contributed by atoms with Crippen molar-refractivity contribution in [1.82, 2.24) is 0 Å². The summed E-state index contributed by atoms with van der Waals surface area (Å²) in [7, 11) is 0. The van der Waals surface area contributed by atoms with Crippen LogP contribution in [-0.2, 0) is 11.2 Å². The molecule has 1 aliphatic carbocycles. The fraction of sp³-hybridized carbons (Fsp3) is 0.462. The van der Waals surface area contributed by atoms with Crippen molar-refractivity contribution in [2.75, 3.05) is 0 Å². The van der Waals surface area contributed by atoms with Crippen LogP contribution in [0.1, 0.15) is 24.8 Å². The Balaban J connectivity index is 1.94. The highest BCUT2D eigenvalue weighted by molar-refractivity contribution is 5.81. The van der Waals surface area contributed by atoms with Crippen molar-refractivity contribution in [3.63, 3.8) is 0 Å². The Morgan fingerprint density at radius 2 is 2.12 bits per heavy atom. The van der Waals surface area contributed by atoms with Crippen molar-refractivity contribution in [2.45, 2.75) is 31.7 Å². The molecule has 1 unspecified atom stereocenters. The van der Waals surface area contributed by atoms with Gasteiger partial charge in [0.1, 0.15) is 17.4 Å². The third-order valence-electron chi connectivity index (χ3n) is 3.09. The van der Waals surface area contributed by atoms with Gasteiger partial charge in [-0.25, -0.2) is 8.78 Å². The number of hydrogen-bond donors (Lipinski definition) is 1. The van der Waals surface area contributed by atoms with Crippen LogP contribution in [0.5, 0.6) is 0 Å². The summed E-state index contributed by atoms with van der Waals surface area (Å²) in [4.78, 5) is 11.6. The van der Waals surface area contributed by atoms with Crippen LogP contribution < -0.4 is 5.73 Å². The Bertz CT molecular complexity index is 429. The van der Waals surface area contributed by atoms with Gasteiger partial charge in [-0.15, -0.1) is 0 Å². The molecule has 4 heteroatoms. The maximum Gasteiger partial charge on any atom is 0.138 e. The minimum atomic E-state index is -0.542. The third kappa shape index (κ3) is 3.33. The first-order valence-electron chi connectivity index (χ1n) is 5.77. The smallest absolute Gasteiger partial charge is 0.138 e. The topological polar surface area (TPSA) is 43.1 Å². The number of rotatable bonds is 5. The molecule has 92 valence electrons. The summed E-state index contributed by atoms with van der Waals surface area (Å²) >= 11 is 0. The molecule has 0 bridgehead atoms. The lowest BCUT2D eigenvalue weighted by atomic mass is 10.0. The molecule has 2 N–H and O–H groups in total. The summed E-state index contributed by atoms with van der Waals surface area (Å²) in [5, 5.41) is 0. The van der Waals surface area contributed by atoms with Crippen LogP contribution in [0.25, 0.3) is 0 Å². The van der Waals surface area contributed by atoms with Crippen LogP contribution in [0.15, 0.2) is 18.2 Å². The van der Waals surface area contributed by atoms with Gasteiger partial charge in [0.25, 0.3) is 0 Å². The van der Waals surface area contributed by atoms with E-state index in [1.54, 1.807) is 0 Å². The SMILES string of the molecule is NC(CC(=O)Cc1cc(F)ccc1F)C1CC1. The molecule has 17 heavy (non-hydrogen) atoms. The monoisotopic (exact) mass is 239 g/mol. The molecular weight excluding hydrogens is 224 g/mol. The molecule has 1 fully saturated rings. The van der Waals surface area contributed by atoms with Crippen molar-refractivity contribution in [3.8, 4) is 0 Å². The maximum atomic E-state index is 13.3. The van der Waals surface area contributed by atoms with Crippen molar-refractivity contribution >= 4 is 5.78 Å². The van der Waals surface area contributed by atoms with Crippen LogP contribution in [0, 0.1) is 17.6 Å². The van der Waals surface area contributed by atoms with Gasteiger partial charge in [0.15, 0.2) is 0 Å². The lowest BCUT2D eigenvalue weighted by Gasteiger charge is -2.09. The number of nitrogens with two attached hydrogens (primary N) is 1.